The molecule has 1 saturated heterocycles. The maximum atomic E-state index is 6.28. The average Bonchev–Trinajstić information content (AvgIpc) is 3.13. The van der Waals surface area contributed by atoms with E-state index >= 15 is 0 Å². The Morgan fingerprint density at radius 1 is 1.29 bits per heavy atom. The molecular weight excluding hydrogens is 212 g/mol. The highest BCUT2D eigenvalue weighted by molar-refractivity contribution is 5.32. The Labute approximate surface area is 103 Å². The summed E-state index contributed by atoms with van der Waals surface area (Å²) < 4.78 is 5.30. The minimum atomic E-state index is 0.266. The van der Waals surface area contributed by atoms with Crippen LogP contribution in [0.3, 0.4) is 0 Å². The van der Waals surface area contributed by atoms with E-state index in [0.717, 1.165) is 24.8 Å². The fraction of sp³-hybridized carbons (Fsp3) is 0.571. The number of ether oxygens (including phenoxy) is 1. The van der Waals surface area contributed by atoms with Gasteiger partial charge < -0.3 is 10.5 Å². The summed E-state index contributed by atoms with van der Waals surface area (Å²) in [6.45, 7) is 1.15. The number of likely N-dealkylation sites (tertiary alicyclic amines) is 1. The molecule has 0 radical (unpaired) electrons. The molecule has 1 heterocycles. The summed E-state index contributed by atoms with van der Waals surface area (Å²) in [6.07, 6.45) is 3.79. The molecule has 0 aromatic heterocycles. The number of rotatable bonds is 3. The second-order valence-electron chi connectivity index (χ2n) is 5.14. The Hall–Kier alpha value is -1.06. The fourth-order valence-corrected chi connectivity index (χ4v) is 2.92. The lowest BCUT2D eigenvalue weighted by Crippen LogP contribution is -2.33. The van der Waals surface area contributed by atoms with Crippen LogP contribution in [0, 0.1) is 0 Å². The molecule has 1 saturated carbocycles. The quantitative estimate of drug-likeness (QED) is 0.865. The highest BCUT2D eigenvalue weighted by Crippen LogP contribution is 2.40. The van der Waals surface area contributed by atoms with Crippen LogP contribution >= 0.6 is 0 Å². The number of benzene rings is 1. The smallest absolute Gasteiger partial charge is 0.119 e. The molecule has 0 unspecified atom stereocenters. The molecule has 1 aliphatic heterocycles. The summed E-state index contributed by atoms with van der Waals surface area (Å²) in [4.78, 5) is 2.58. The number of hydrogen-bond donors (Lipinski definition) is 1. The van der Waals surface area contributed by atoms with Crippen LogP contribution in [0.25, 0.3) is 0 Å². The van der Waals surface area contributed by atoms with Gasteiger partial charge in [0.15, 0.2) is 0 Å². The summed E-state index contributed by atoms with van der Waals surface area (Å²) in [7, 11) is 1.71. The number of nitrogens with zero attached hydrogens (tertiary/aromatic N) is 1. The molecule has 3 rings (SSSR count). The van der Waals surface area contributed by atoms with Gasteiger partial charge in [-0.25, -0.2) is 0 Å². The molecule has 3 heteroatoms. The van der Waals surface area contributed by atoms with Crippen LogP contribution in [0.1, 0.15) is 30.9 Å². The molecule has 92 valence electrons. The molecule has 0 amide bonds. The molecule has 2 N–H and O–H groups in total. The lowest BCUT2D eigenvalue weighted by Gasteiger charge is -2.27. The van der Waals surface area contributed by atoms with Crippen LogP contribution in [-0.4, -0.2) is 30.6 Å². The average molecular weight is 232 g/mol. The lowest BCUT2D eigenvalue weighted by molar-refractivity contribution is 0.237. The highest BCUT2D eigenvalue weighted by Gasteiger charge is 2.41. The van der Waals surface area contributed by atoms with Crippen LogP contribution in [0.5, 0.6) is 5.75 Å². The molecular formula is C14H20N2O. The van der Waals surface area contributed by atoms with Gasteiger partial charge in [-0.15, -0.1) is 0 Å². The maximum absolute atomic E-state index is 6.28. The summed E-state index contributed by atoms with van der Waals surface area (Å²) in [5.74, 6) is 0.928. The van der Waals surface area contributed by atoms with Crippen molar-refractivity contribution >= 4 is 0 Å². The normalized spacial score (nSPS) is 29.5. The highest BCUT2D eigenvalue weighted by atomic mass is 16.5. The van der Waals surface area contributed by atoms with Crippen molar-refractivity contribution in [3.63, 3.8) is 0 Å². The Morgan fingerprint density at radius 3 is 2.82 bits per heavy atom. The third-order valence-corrected chi connectivity index (χ3v) is 3.93. The van der Waals surface area contributed by atoms with E-state index < -0.39 is 0 Å². The zero-order valence-corrected chi connectivity index (χ0v) is 10.3. The van der Waals surface area contributed by atoms with Crippen LogP contribution in [0.4, 0.5) is 0 Å². The minimum absolute atomic E-state index is 0.266. The van der Waals surface area contributed by atoms with Crippen molar-refractivity contribution in [2.45, 2.75) is 37.4 Å². The van der Waals surface area contributed by atoms with E-state index in [0.29, 0.717) is 6.04 Å². The Morgan fingerprint density at radius 2 is 2.12 bits per heavy atom. The standard InChI is InChI=1S/C14H20N2O/c1-17-12-4-2-3-10(9-12)14-13(15)7-8-16(14)11-5-6-11/h2-4,9,11,13-14H,5-8,15H2,1H3/t13-,14-/m0/s1. The van der Waals surface area contributed by atoms with Gasteiger partial charge in [-0.1, -0.05) is 12.1 Å². The Balaban J connectivity index is 1.88. The summed E-state index contributed by atoms with van der Waals surface area (Å²) >= 11 is 0. The molecule has 3 nitrogen and oxygen atoms in total. The predicted molar refractivity (Wildman–Crippen MR) is 68.1 cm³/mol. The van der Waals surface area contributed by atoms with Gasteiger partial charge in [-0.3, -0.25) is 4.90 Å². The van der Waals surface area contributed by atoms with E-state index in [1.807, 2.05) is 6.07 Å². The van der Waals surface area contributed by atoms with E-state index in [1.54, 1.807) is 7.11 Å². The largest absolute Gasteiger partial charge is 0.497 e. The van der Waals surface area contributed by atoms with E-state index in [2.05, 4.69) is 23.1 Å². The van der Waals surface area contributed by atoms with Crippen LogP contribution in [0.15, 0.2) is 24.3 Å². The first-order valence-electron chi connectivity index (χ1n) is 6.45. The Kier molecular flexibility index (Phi) is 2.81. The zero-order chi connectivity index (χ0) is 11.8. The molecule has 2 aliphatic rings. The topological polar surface area (TPSA) is 38.5 Å². The van der Waals surface area contributed by atoms with Crippen molar-refractivity contribution in [2.75, 3.05) is 13.7 Å². The fourth-order valence-electron chi connectivity index (χ4n) is 2.92. The molecule has 2 fully saturated rings. The summed E-state index contributed by atoms with van der Waals surface area (Å²) in [5, 5.41) is 0. The molecule has 0 bridgehead atoms. The first kappa shape index (κ1) is 11.1. The van der Waals surface area contributed by atoms with Crippen LogP contribution < -0.4 is 10.5 Å². The van der Waals surface area contributed by atoms with Crippen molar-refractivity contribution < 1.29 is 4.74 Å². The Bertz CT molecular complexity index is 403. The van der Waals surface area contributed by atoms with Crippen LogP contribution in [0.2, 0.25) is 0 Å². The predicted octanol–water partition coefficient (Wildman–Crippen LogP) is 1.93. The van der Waals surface area contributed by atoms with Gasteiger partial charge in [0, 0.05) is 18.6 Å². The molecule has 2 atom stereocenters. The van der Waals surface area contributed by atoms with E-state index in [9.17, 15) is 0 Å². The summed E-state index contributed by atoms with van der Waals surface area (Å²) in [5.41, 5.74) is 7.58. The van der Waals surface area contributed by atoms with E-state index in [1.165, 1.54) is 18.4 Å². The minimum Gasteiger partial charge on any atom is -0.497 e. The van der Waals surface area contributed by atoms with Gasteiger partial charge in [0.25, 0.3) is 0 Å². The first-order chi connectivity index (χ1) is 8.29. The zero-order valence-electron chi connectivity index (χ0n) is 10.3. The number of nitrogens with two attached hydrogens (primary N) is 1. The molecule has 1 aliphatic carbocycles. The summed E-state index contributed by atoms with van der Waals surface area (Å²) in [6, 6.07) is 9.79. The molecule has 1 aromatic carbocycles. The van der Waals surface area contributed by atoms with Crippen LogP contribution in [-0.2, 0) is 0 Å². The third-order valence-electron chi connectivity index (χ3n) is 3.93. The van der Waals surface area contributed by atoms with Crippen molar-refractivity contribution in [1.82, 2.24) is 4.90 Å². The lowest BCUT2D eigenvalue weighted by atomic mass is 10.0. The van der Waals surface area contributed by atoms with Crippen molar-refractivity contribution in [1.29, 1.82) is 0 Å². The van der Waals surface area contributed by atoms with E-state index in [4.69, 9.17) is 10.5 Å². The van der Waals surface area contributed by atoms with Gasteiger partial charge in [0.2, 0.25) is 0 Å². The SMILES string of the molecule is COc1cccc([C@H]2[C@@H](N)CCN2C2CC2)c1. The van der Waals surface area contributed by atoms with Gasteiger partial charge in [-0.05, 0) is 37.0 Å². The molecule has 0 spiro atoms. The third kappa shape index (κ3) is 2.05. The van der Waals surface area contributed by atoms with Gasteiger partial charge in [-0.2, -0.15) is 0 Å². The van der Waals surface area contributed by atoms with E-state index in [-0.39, 0.29) is 6.04 Å². The number of hydrogen-bond acceptors (Lipinski definition) is 3. The van der Waals surface area contributed by atoms with Gasteiger partial charge in [0.05, 0.1) is 13.2 Å². The number of methoxy groups -OCH3 is 1. The van der Waals surface area contributed by atoms with Crippen molar-refractivity contribution in [3.8, 4) is 5.75 Å². The van der Waals surface area contributed by atoms with Crippen molar-refractivity contribution in [2.24, 2.45) is 5.73 Å². The second kappa shape index (κ2) is 4.31. The second-order valence-corrected chi connectivity index (χ2v) is 5.14. The maximum Gasteiger partial charge on any atom is 0.119 e. The monoisotopic (exact) mass is 232 g/mol. The first-order valence-corrected chi connectivity index (χ1v) is 6.45. The van der Waals surface area contributed by atoms with Crippen molar-refractivity contribution in [3.05, 3.63) is 29.8 Å². The molecule has 1 aromatic rings. The van der Waals surface area contributed by atoms with Gasteiger partial charge in [0.1, 0.15) is 5.75 Å². The molecule has 17 heavy (non-hydrogen) atoms. The van der Waals surface area contributed by atoms with Gasteiger partial charge >= 0.3 is 0 Å².